The lowest BCUT2D eigenvalue weighted by Gasteiger charge is -2.10. The highest BCUT2D eigenvalue weighted by Crippen LogP contribution is 2.18. The Morgan fingerprint density at radius 1 is 0.897 bits per heavy atom. The van der Waals surface area contributed by atoms with Gasteiger partial charge in [0.25, 0.3) is 0 Å². The van der Waals surface area contributed by atoms with Crippen LogP contribution in [0.15, 0.2) is 18.2 Å². The predicted molar refractivity (Wildman–Crippen MR) is 105 cm³/mol. The molecule has 0 fully saturated rings. The molecule has 0 aliphatic heterocycles. The summed E-state index contributed by atoms with van der Waals surface area (Å²) in [5, 5.41) is 14.4. The maximum Gasteiger partial charge on any atom is 0.335 e. The fourth-order valence-corrected chi connectivity index (χ4v) is 2.28. The van der Waals surface area contributed by atoms with Gasteiger partial charge in [-0.05, 0) is 31.5 Å². The lowest BCUT2D eigenvalue weighted by Crippen LogP contribution is -2.31. The van der Waals surface area contributed by atoms with E-state index < -0.39 is 5.97 Å². The number of ketones is 1. The highest BCUT2D eigenvalue weighted by atomic mass is 16.5. The summed E-state index contributed by atoms with van der Waals surface area (Å²) in [5.74, 6) is -1.73. The summed E-state index contributed by atoms with van der Waals surface area (Å²) >= 11 is 0. The molecule has 0 aromatic heterocycles. The second-order valence-corrected chi connectivity index (χ2v) is 6.27. The molecule has 0 radical (unpaired) electrons. The first-order chi connectivity index (χ1) is 13.8. The molecule has 0 aliphatic carbocycles. The quantitative estimate of drug-likeness (QED) is 0.313. The lowest BCUT2D eigenvalue weighted by molar-refractivity contribution is -0.126. The smallest absolute Gasteiger partial charge is 0.335 e. The van der Waals surface area contributed by atoms with E-state index in [1.807, 2.05) is 6.92 Å². The molecule has 1 rings (SSSR count). The van der Waals surface area contributed by atoms with Gasteiger partial charge in [0.1, 0.15) is 12.4 Å². The van der Waals surface area contributed by atoms with Gasteiger partial charge in [0, 0.05) is 31.6 Å². The van der Waals surface area contributed by atoms with E-state index in [1.165, 1.54) is 25.1 Å². The molecular formula is C20H28N2O7. The topological polar surface area (TPSA) is 131 Å². The zero-order valence-corrected chi connectivity index (χ0v) is 16.8. The van der Waals surface area contributed by atoms with Crippen LogP contribution in [0, 0.1) is 0 Å². The van der Waals surface area contributed by atoms with Gasteiger partial charge in [0.15, 0.2) is 5.78 Å². The molecule has 9 nitrogen and oxygen atoms in total. The summed E-state index contributed by atoms with van der Waals surface area (Å²) in [5.41, 5.74) is 0.179. The molecule has 1 aromatic carbocycles. The number of amides is 2. The number of carboxylic acid groups (broad SMARTS) is 1. The van der Waals surface area contributed by atoms with Crippen LogP contribution in [0.3, 0.4) is 0 Å². The van der Waals surface area contributed by atoms with Gasteiger partial charge in [-0.3, -0.25) is 14.4 Å². The molecule has 0 heterocycles. The van der Waals surface area contributed by atoms with Gasteiger partial charge in [0.2, 0.25) is 11.8 Å². The molecule has 0 unspecified atom stereocenters. The number of nitrogens with one attached hydrogen (secondary N) is 2. The largest absolute Gasteiger partial charge is 0.492 e. The molecule has 1 aromatic rings. The minimum atomic E-state index is -1.17. The lowest BCUT2D eigenvalue weighted by atomic mass is 10.1. The van der Waals surface area contributed by atoms with Gasteiger partial charge >= 0.3 is 5.97 Å². The summed E-state index contributed by atoms with van der Waals surface area (Å²) in [6.07, 6.45) is 1.04. The molecule has 2 amide bonds. The maximum atomic E-state index is 11.8. The molecule has 160 valence electrons. The van der Waals surface area contributed by atoms with Crippen molar-refractivity contribution in [1.29, 1.82) is 0 Å². The first-order valence-corrected chi connectivity index (χ1v) is 9.46. The van der Waals surface area contributed by atoms with Crippen molar-refractivity contribution >= 4 is 23.6 Å². The molecule has 0 spiro atoms. The van der Waals surface area contributed by atoms with Crippen LogP contribution in [0.4, 0.5) is 0 Å². The Bertz CT molecular complexity index is 687. The van der Waals surface area contributed by atoms with Gasteiger partial charge in [-0.25, -0.2) is 4.79 Å². The zero-order valence-electron chi connectivity index (χ0n) is 16.8. The highest BCUT2D eigenvalue weighted by Gasteiger charge is 2.11. The molecule has 0 bridgehead atoms. The summed E-state index contributed by atoms with van der Waals surface area (Å²) in [6.45, 7) is 5.10. The Hall–Kier alpha value is -2.94. The van der Waals surface area contributed by atoms with Crippen LogP contribution in [0.2, 0.25) is 0 Å². The van der Waals surface area contributed by atoms with E-state index >= 15 is 0 Å². The number of hydrogen-bond donors (Lipinski definition) is 3. The van der Waals surface area contributed by atoms with Crippen molar-refractivity contribution in [2.45, 2.75) is 33.1 Å². The molecule has 0 saturated carbocycles. The van der Waals surface area contributed by atoms with Crippen LogP contribution < -0.4 is 15.4 Å². The molecule has 9 heteroatoms. The van der Waals surface area contributed by atoms with Crippen molar-refractivity contribution in [3.63, 3.8) is 0 Å². The normalized spacial score (nSPS) is 10.3. The Morgan fingerprint density at radius 3 is 2.03 bits per heavy atom. The Kier molecular flexibility index (Phi) is 11.0. The maximum absolute atomic E-state index is 11.8. The van der Waals surface area contributed by atoms with Gasteiger partial charge in [-0.1, -0.05) is 6.92 Å². The average molecular weight is 408 g/mol. The number of carbonyl (C=O) groups is 4. The predicted octanol–water partition coefficient (Wildman–Crippen LogP) is 1.41. The second-order valence-electron chi connectivity index (χ2n) is 6.27. The Morgan fingerprint density at radius 2 is 1.48 bits per heavy atom. The number of carboxylic acids is 1. The van der Waals surface area contributed by atoms with Crippen molar-refractivity contribution in [1.82, 2.24) is 10.6 Å². The third-order valence-electron chi connectivity index (χ3n) is 3.75. The van der Waals surface area contributed by atoms with Crippen LogP contribution in [0.1, 0.15) is 53.8 Å². The highest BCUT2D eigenvalue weighted by molar-refractivity contribution is 5.98. The Balaban J connectivity index is 2.29. The molecular weight excluding hydrogens is 380 g/mol. The van der Waals surface area contributed by atoms with Crippen LogP contribution >= 0.6 is 0 Å². The number of aromatic carboxylic acids is 1. The van der Waals surface area contributed by atoms with E-state index in [0.29, 0.717) is 19.8 Å². The first-order valence-electron chi connectivity index (χ1n) is 9.46. The van der Waals surface area contributed by atoms with E-state index in [9.17, 15) is 19.2 Å². The van der Waals surface area contributed by atoms with Crippen LogP contribution in [0.5, 0.6) is 5.75 Å². The molecule has 3 N–H and O–H groups in total. The number of carbonyl (C=O) groups excluding carboxylic acids is 3. The van der Waals surface area contributed by atoms with Gasteiger partial charge in [0.05, 0.1) is 18.7 Å². The number of hydrogen-bond acceptors (Lipinski definition) is 6. The first kappa shape index (κ1) is 24.1. The van der Waals surface area contributed by atoms with Gasteiger partial charge < -0.3 is 25.2 Å². The van der Waals surface area contributed by atoms with Crippen LogP contribution in [-0.2, 0) is 14.3 Å². The van der Waals surface area contributed by atoms with E-state index in [0.717, 1.165) is 6.42 Å². The van der Waals surface area contributed by atoms with Crippen molar-refractivity contribution in [3.8, 4) is 5.75 Å². The Labute approximate surface area is 169 Å². The summed E-state index contributed by atoms with van der Waals surface area (Å²) in [4.78, 5) is 46.0. The standard InChI is InChI=1S/C20H28N2O7/c1-3-8-28-9-6-21-18(24)4-5-19(25)22-7-10-29-17-12-15(14(2)23)11-16(13-17)20(26)27/h11-13H,3-10H2,1-2H3,(H,21,24)(H,22,25)(H,26,27). The van der Waals surface area contributed by atoms with Crippen molar-refractivity contribution in [3.05, 3.63) is 29.3 Å². The summed E-state index contributed by atoms with van der Waals surface area (Å²) in [6, 6.07) is 4.04. The molecule has 29 heavy (non-hydrogen) atoms. The minimum absolute atomic E-state index is 0.0463. The summed E-state index contributed by atoms with van der Waals surface area (Å²) < 4.78 is 10.7. The van der Waals surface area contributed by atoms with Crippen LogP contribution in [-0.4, -0.2) is 61.6 Å². The number of ether oxygens (including phenoxy) is 2. The molecule has 0 saturated heterocycles. The minimum Gasteiger partial charge on any atom is -0.492 e. The van der Waals surface area contributed by atoms with Crippen molar-refractivity contribution in [2.75, 3.05) is 32.9 Å². The molecule has 0 atom stereocenters. The van der Waals surface area contributed by atoms with E-state index in [1.54, 1.807) is 0 Å². The fraction of sp³-hybridized carbons (Fsp3) is 0.500. The van der Waals surface area contributed by atoms with Crippen LogP contribution in [0.25, 0.3) is 0 Å². The SMILES string of the molecule is CCCOCCNC(=O)CCC(=O)NCCOc1cc(C(C)=O)cc(C(=O)O)c1. The number of rotatable bonds is 14. The second kappa shape index (κ2) is 13.3. The van der Waals surface area contributed by atoms with Crippen molar-refractivity contribution < 1.29 is 33.8 Å². The average Bonchev–Trinajstić information content (AvgIpc) is 2.69. The summed E-state index contributed by atoms with van der Waals surface area (Å²) in [7, 11) is 0. The van der Waals surface area contributed by atoms with Crippen molar-refractivity contribution in [2.24, 2.45) is 0 Å². The third-order valence-corrected chi connectivity index (χ3v) is 3.75. The van der Waals surface area contributed by atoms with Gasteiger partial charge in [-0.2, -0.15) is 0 Å². The fourth-order valence-electron chi connectivity index (χ4n) is 2.28. The van der Waals surface area contributed by atoms with E-state index in [2.05, 4.69) is 10.6 Å². The van der Waals surface area contributed by atoms with E-state index in [4.69, 9.17) is 14.6 Å². The third kappa shape index (κ3) is 10.2. The zero-order chi connectivity index (χ0) is 21.6. The number of benzene rings is 1. The number of Topliss-reactive ketones (excluding diaryl/α,β-unsaturated/α-hetero) is 1. The molecule has 0 aliphatic rings. The van der Waals surface area contributed by atoms with Gasteiger partial charge in [-0.15, -0.1) is 0 Å². The van der Waals surface area contributed by atoms with E-state index in [-0.39, 0.29) is 60.5 Å². The monoisotopic (exact) mass is 408 g/mol.